The van der Waals surface area contributed by atoms with E-state index in [0.717, 1.165) is 6.54 Å². The lowest BCUT2D eigenvalue weighted by molar-refractivity contribution is -0.132. The number of likely N-dealkylation sites (tertiary alicyclic amines) is 1. The van der Waals surface area contributed by atoms with E-state index in [1.807, 2.05) is 18.7 Å². The topological polar surface area (TPSA) is 93.0 Å². The number of rotatable bonds is 5. The molecule has 8 nitrogen and oxygen atoms in total. The number of carbonyl (C=O) groups excluding carboxylic acids is 2. The third-order valence-corrected chi connectivity index (χ3v) is 4.36. The molecular formula is C16H19ClN6O2. The van der Waals surface area contributed by atoms with Crippen molar-refractivity contribution in [3.05, 3.63) is 40.9 Å². The van der Waals surface area contributed by atoms with Crippen molar-refractivity contribution in [2.75, 3.05) is 6.54 Å². The summed E-state index contributed by atoms with van der Waals surface area (Å²) in [5, 5.41) is 11.2. The van der Waals surface area contributed by atoms with Crippen LogP contribution in [0.4, 0.5) is 0 Å². The maximum absolute atomic E-state index is 12.4. The zero-order valence-electron chi connectivity index (χ0n) is 14.0. The van der Waals surface area contributed by atoms with E-state index in [1.165, 1.54) is 6.20 Å². The van der Waals surface area contributed by atoms with Crippen LogP contribution in [0.1, 0.15) is 42.4 Å². The summed E-state index contributed by atoms with van der Waals surface area (Å²) >= 11 is 5.70. The Bertz CT molecular complexity index is 773. The quantitative estimate of drug-likeness (QED) is 0.812. The molecule has 2 amide bonds. The second-order valence-corrected chi connectivity index (χ2v) is 6.56. The molecule has 0 spiro atoms. The van der Waals surface area contributed by atoms with Crippen LogP contribution in [0, 0.1) is 0 Å². The molecule has 1 aliphatic heterocycles. The first-order valence-electron chi connectivity index (χ1n) is 8.06. The maximum atomic E-state index is 12.4. The van der Waals surface area contributed by atoms with E-state index in [1.54, 1.807) is 23.0 Å². The van der Waals surface area contributed by atoms with Gasteiger partial charge < -0.3 is 10.2 Å². The average Bonchev–Trinajstić information content (AvgIpc) is 3.19. The molecule has 1 unspecified atom stereocenters. The van der Waals surface area contributed by atoms with Gasteiger partial charge in [-0.1, -0.05) is 16.8 Å². The zero-order chi connectivity index (χ0) is 18.0. The second kappa shape index (κ2) is 7.18. The van der Waals surface area contributed by atoms with Gasteiger partial charge in [-0.15, -0.1) is 5.10 Å². The van der Waals surface area contributed by atoms with Gasteiger partial charge in [0.25, 0.3) is 5.91 Å². The predicted molar refractivity (Wildman–Crippen MR) is 90.9 cm³/mol. The molecule has 1 aliphatic rings. The minimum atomic E-state index is -0.320. The third kappa shape index (κ3) is 3.79. The number of halogens is 1. The van der Waals surface area contributed by atoms with Crippen molar-refractivity contribution < 1.29 is 9.59 Å². The van der Waals surface area contributed by atoms with Gasteiger partial charge in [-0.25, -0.2) is 9.67 Å². The highest BCUT2D eigenvalue weighted by Crippen LogP contribution is 2.24. The minimum Gasteiger partial charge on any atom is -0.346 e. The molecular weight excluding hydrogens is 344 g/mol. The number of pyridine rings is 1. The van der Waals surface area contributed by atoms with Gasteiger partial charge in [0.1, 0.15) is 16.9 Å². The van der Waals surface area contributed by atoms with Gasteiger partial charge in [0.15, 0.2) is 0 Å². The summed E-state index contributed by atoms with van der Waals surface area (Å²) in [7, 11) is 0. The lowest BCUT2D eigenvalue weighted by Crippen LogP contribution is -2.34. The lowest BCUT2D eigenvalue weighted by atomic mass is 10.2. The summed E-state index contributed by atoms with van der Waals surface area (Å²) in [6.45, 7) is 4.93. The summed E-state index contributed by atoms with van der Waals surface area (Å²) in [4.78, 5) is 30.1. The Kier molecular flexibility index (Phi) is 4.98. The minimum absolute atomic E-state index is 0.0581. The van der Waals surface area contributed by atoms with Crippen molar-refractivity contribution in [1.29, 1.82) is 0 Å². The van der Waals surface area contributed by atoms with Crippen LogP contribution in [0.25, 0.3) is 0 Å². The van der Waals surface area contributed by atoms with Crippen LogP contribution in [-0.2, 0) is 11.3 Å². The molecule has 25 heavy (non-hydrogen) atoms. The van der Waals surface area contributed by atoms with Crippen LogP contribution in [0.5, 0.6) is 0 Å². The maximum Gasteiger partial charge on any atom is 0.253 e. The first-order valence-corrected chi connectivity index (χ1v) is 8.44. The van der Waals surface area contributed by atoms with E-state index in [2.05, 4.69) is 20.6 Å². The summed E-state index contributed by atoms with van der Waals surface area (Å²) in [5.41, 5.74) is 1.00. The molecule has 2 aromatic heterocycles. The van der Waals surface area contributed by atoms with Gasteiger partial charge in [-0.05, 0) is 32.4 Å². The fourth-order valence-corrected chi connectivity index (χ4v) is 2.89. The van der Waals surface area contributed by atoms with Crippen molar-refractivity contribution in [3.8, 4) is 0 Å². The van der Waals surface area contributed by atoms with E-state index < -0.39 is 0 Å². The first kappa shape index (κ1) is 17.3. The van der Waals surface area contributed by atoms with Crippen LogP contribution >= 0.6 is 11.6 Å². The van der Waals surface area contributed by atoms with E-state index in [-0.39, 0.29) is 30.4 Å². The van der Waals surface area contributed by atoms with Crippen LogP contribution in [0.15, 0.2) is 24.5 Å². The van der Waals surface area contributed by atoms with Gasteiger partial charge >= 0.3 is 0 Å². The highest BCUT2D eigenvalue weighted by atomic mass is 35.5. The van der Waals surface area contributed by atoms with Crippen molar-refractivity contribution in [1.82, 2.24) is 30.2 Å². The predicted octanol–water partition coefficient (Wildman–Crippen LogP) is 1.44. The fourth-order valence-electron chi connectivity index (χ4n) is 2.77. The molecule has 9 heteroatoms. The molecule has 0 bridgehead atoms. The average molecular weight is 363 g/mol. The summed E-state index contributed by atoms with van der Waals surface area (Å²) in [6.07, 6.45) is 3.82. The Morgan fingerprint density at radius 2 is 2.24 bits per heavy atom. The first-order chi connectivity index (χ1) is 12.0. The molecule has 1 saturated heterocycles. The Balaban J connectivity index is 1.60. The largest absolute Gasteiger partial charge is 0.346 e. The number of nitrogens with zero attached hydrogens (tertiary/aromatic N) is 5. The number of hydrogen-bond donors (Lipinski definition) is 1. The Morgan fingerprint density at radius 3 is 2.88 bits per heavy atom. The van der Waals surface area contributed by atoms with Crippen LogP contribution < -0.4 is 5.32 Å². The van der Waals surface area contributed by atoms with Crippen molar-refractivity contribution in [2.24, 2.45) is 0 Å². The summed E-state index contributed by atoms with van der Waals surface area (Å²) in [5.74, 6) is -0.218. The van der Waals surface area contributed by atoms with Crippen LogP contribution in [0.3, 0.4) is 0 Å². The molecule has 1 atom stereocenters. The number of amides is 2. The van der Waals surface area contributed by atoms with Crippen molar-refractivity contribution in [2.45, 2.75) is 38.9 Å². The van der Waals surface area contributed by atoms with Crippen molar-refractivity contribution >= 4 is 23.4 Å². The smallest absolute Gasteiger partial charge is 0.253 e. The van der Waals surface area contributed by atoms with Gasteiger partial charge in [0.2, 0.25) is 5.91 Å². The molecule has 3 rings (SSSR count). The number of carbonyl (C=O) groups is 2. The SMILES string of the molecule is CC(C)N1CCC(n2cc(CNC(=O)c3ccc(Cl)nc3)nn2)C1=O. The molecule has 132 valence electrons. The van der Waals surface area contributed by atoms with E-state index in [0.29, 0.717) is 22.8 Å². The molecule has 2 aromatic rings. The monoisotopic (exact) mass is 362 g/mol. The zero-order valence-corrected chi connectivity index (χ0v) is 14.8. The van der Waals surface area contributed by atoms with Crippen LogP contribution in [0.2, 0.25) is 5.15 Å². The van der Waals surface area contributed by atoms with Crippen LogP contribution in [-0.4, -0.2) is 49.3 Å². The lowest BCUT2D eigenvalue weighted by Gasteiger charge is -2.20. The highest BCUT2D eigenvalue weighted by molar-refractivity contribution is 6.29. The van der Waals surface area contributed by atoms with E-state index in [4.69, 9.17) is 11.6 Å². The normalized spacial score (nSPS) is 17.4. The fraction of sp³-hybridized carbons (Fsp3) is 0.438. The van der Waals surface area contributed by atoms with E-state index in [9.17, 15) is 9.59 Å². The standard InChI is InChI=1S/C16H19ClN6O2/c1-10(2)22-6-5-13(16(22)25)23-9-12(20-21-23)8-19-15(24)11-3-4-14(17)18-7-11/h3-4,7,9-10,13H,5-6,8H2,1-2H3,(H,19,24). The Morgan fingerprint density at radius 1 is 1.44 bits per heavy atom. The summed E-state index contributed by atoms with van der Waals surface area (Å²) < 4.78 is 1.58. The molecule has 0 aliphatic carbocycles. The van der Waals surface area contributed by atoms with Crippen molar-refractivity contribution in [3.63, 3.8) is 0 Å². The van der Waals surface area contributed by atoms with Gasteiger partial charge in [-0.2, -0.15) is 0 Å². The molecule has 3 heterocycles. The Labute approximate surface area is 150 Å². The Hall–Kier alpha value is -2.48. The molecule has 0 radical (unpaired) electrons. The van der Waals surface area contributed by atoms with Gasteiger partial charge in [0.05, 0.1) is 18.3 Å². The van der Waals surface area contributed by atoms with Gasteiger partial charge in [-0.3, -0.25) is 9.59 Å². The second-order valence-electron chi connectivity index (χ2n) is 6.17. The van der Waals surface area contributed by atoms with Gasteiger partial charge in [0, 0.05) is 18.8 Å². The highest BCUT2D eigenvalue weighted by Gasteiger charge is 2.35. The third-order valence-electron chi connectivity index (χ3n) is 4.13. The molecule has 1 fully saturated rings. The molecule has 1 N–H and O–H groups in total. The summed E-state index contributed by atoms with van der Waals surface area (Å²) in [6, 6.07) is 3.01. The molecule has 0 saturated carbocycles. The van der Waals surface area contributed by atoms with E-state index >= 15 is 0 Å². The number of nitrogens with one attached hydrogen (secondary N) is 1. The number of hydrogen-bond acceptors (Lipinski definition) is 5. The number of aromatic nitrogens is 4. The molecule has 0 aromatic carbocycles.